The number of aryl methyl sites for hydroxylation is 1. The first-order valence-electron chi connectivity index (χ1n) is 17.5. The maximum absolute atomic E-state index is 14.9. The van der Waals surface area contributed by atoms with Gasteiger partial charge in [-0.15, -0.1) is 0 Å². The third-order valence-corrected chi connectivity index (χ3v) is 8.50. The zero-order valence-corrected chi connectivity index (χ0v) is 30.4. The molecule has 0 saturated carbocycles. The average molecular weight is 766 g/mol. The summed E-state index contributed by atoms with van der Waals surface area (Å²) in [7, 11) is 1.25. The van der Waals surface area contributed by atoms with Crippen molar-refractivity contribution in [2.24, 2.45) is 22.2 Å². The summed E-state index contributed by atoms with van der Waals surface area (Å²) in [4.78, 5) is 62.1. The zero-order chi connectivity index (χ0) is 40.1. The molecule has 0 fully saturated rings. The van der Waals surface area contributed by atoms with Crippen molar-refractivity contribution in [2.45, 2.75) is 57.5 Å². The van der Waals surface area contributed by atoms with Gasteiger partial charge in [-0.1, -0.05) is 6.92 Å². The van der Waals surface area contributed by atoms with Crippen LogP contribution in [0.5, 0.6) is 5.75 Å². The number of aliphatic carboxylic acids is 1. The van der Waals surface area contributed by atoms with Crippen molar-refractivity contribution in [2.75, 3.05) is 32.1 Å². The number of aliphatic imine (C=N–C) groups is 1. The predicted octanol–water partition coefficient (Wildman–Crippen LogP) is 1.96. The van der Waals surface area contributed by atoms with Gasteiger partial charge in [0.1, 0.15) is 12.1 Å². The van der Waals surface area contributed by atoms with Crippen molar-refractivity contribution in [3.05, 3.63) is 71.7 Å². The molecule has 0 aliphatic carbocycles. The van der Waals surface area contributed by atoms with E-state index >= 15 is 0 Å². The van der Waals surface area contributed by atoms with E-state index in [1.807, 2.05) is 6.92 Å². The lowest BCUT2D eigenvalue weighted by atomic mass is 10.0. The van der Waals surface area contributed by atoms with Crippen LogP contribution < -0.4 is 43.2 Å². The van der Waals surface area contributed by atoms with E-state index in [4.69, 9.17) is 27.0 Å². The van der Waals surface area contributed by atoms with Gasteiger partial charge in [0.25, 0.3) is 5.91 Å². The number of halogens is 2. The Morgan fingerprint density at radius 1 is 1.02 bits per heavy atom. The van der Waals surface area contributed by atoms with Crippen LogP contribution in [0.4, 0.5) is 20.3 Å². The highest BCUT2D eigenvalue weighted by Gasteiger charge is 2.22. The number of aromatic nitrogens is 3. The summed E-state index contributed by atoms with van der Waals surface area (Å²) in [6, 6.07) is 5.80. The summed E-state index contributed by atoms with van der Waals surface area (Å²) in [5.41, 5.74) is 18.7. The number of carbonyl (C=O) groups is 4. The van der Waals surface area contributed by atoms with E-state index in [9.17, 15) is 28.0 Å². The minimum Gasteiger partial charge on any atom is -0.494 e. The molecule has 3 amide bonds. The number of ether oxygens (including phenoxy) is 1. The van der Waals surface area contributed by atoms with Crippen LogP contribution in [0.1, 0.15) is 54.9 Å². The van der Waals surface area contributed by atoms with E-state index in [0.717, 1.165) is 5.56 Å². The van der Waals surface area contributed by atoms with Gasteiger partial charge in [0.15, 0.2) is 29.0 Å². The van der Waals surface area contributed by atoms with Gasteiger partial charge in [-0.2, -0.15) is 4.39 Å². The van der Waals surface area contributed by atoms with Gasteiger partial charge in [-0.3, -0.25) is 28.6 Å². The fourth-order valence-electron chi connectivity index (χ4n) is 5.59. The number of anilines is 2. The summed E-state index contributed by atoms with van der Waals surface area (Å²) in [6.07, 6.45) is 5.74. The first-order valence-corrected chi connectivity index (χ1v) is 17.5. The molecule has 4 rings (SSSR count). The second-order valence-electron chi connectivity index (χ2n) is 12.4. The number of fused-ring (bicyclic) bond motifs is 1. The van der Waals surface area contributed by atoms with Gasteiger partial charge in [0, 0.05) is 55.3 Å². The number of hydrogen-bond acceptors (Lipinski definition) is 10. The van der Waals surface area contributed by atoms with Crippen LogP contribution in [0, 0.1) is 11.6 Å². The van der Waals surface area contributed by atoms with Crippen LogP contribution in [-0.4, -0.2) is 88.0 Å². The first-order chi connectivity index (χ1) is 26.3. The Morgan fingerprint density at radius 3 is 2.49 bits per heavy atom. The van der Waals surface area contributed by atoms with Crippen LogP contribution in [0.25, 0.3) is 16.9 Å². The van der Waals surface area contributed by atoms with Gasteiger partial charge in [0.05, 0.1) is 19.0 Å². The highest BCUT2D eigenvalue weighted by Crippen LogP contribution is 2.31. The number of hydrogen-bond donors (Lipinski definition) is 8. The Bertz CT molecular complexity index is 2040. The lowest BCUT2D eigenvalue weighted by Crippen LogP contribution is -2.47. The number of nitrogens with zero attached hydrogens (tertiary/aromatic N) is 4. The SMILES string of the molecule is CCc1cc(Nc2nccn3c(-c4ccc(OC)c(F)c4F)cnc23)ccc1C(=O)NCCCNC(=O)[C@H](CCCN=C(N)N)NC(=O)CC[C@H](N)C(=O)O. The molecule has 2 aromatic carbocycles. The maximum atomic E-state index is 14.9. The fraction of sp³-hybridized carbons (Fsp3) is 0.361. The van der Waals surface area contributed by atoms with Gasteiger partial charge in [0.2, 0.25) is 17.6 Å². The number of amides is 3. The molecular formula is C36H45F2N11O6. The Morgan fingerprint density at radius 2 is 1.78 bits per heavy atom. The Kier molecular flexibility index (Phi) is 14.8. The standard InChI is InChI=1S/C36H45F2N11O6/c1-3-20-18-21(47-31-32-46-19-26(49(32)17-16-42-31)23-9-11-27(55-2)30(38)29(23)37)7-8-22(20)33(51)43-14-5-15-44-34(52)25(6-4-13-45-36(40)41)48-28(50)12-10-24(39)35(53)54/h7-9,11,16-19,24-25H,3-6,10,12-15,39H2,1-2H3,(H,42,47)(H,43,51)(H,44,52)(H,48,50)(H,53,54)(H4,40,41,45)/t24-,25-/m0/s1. The van der Waals surface area contributed by atoms with Crippen molar-refractivity contribution < 1.29 is 37.8 Å². The molecule has 2 atom stereocenters. The quantitative estimate of drug-likeness (QED) is 0.0365. The van der Waals surface area contributed by atoms with Crippen molar-refractivity contribution in [1.82, 2.24) is 30.3 Å². The first kappa shape index (κ1) is 41.4. The van der Waals surface area contributed by atoms with E-state index in [-0.39, 0.29) is 62.1 Å². The number of nitrogens with one attached hydrogen (secondary N) is 4. The Labute approximate surface area is 315 Å². The van der Waals surface area contributed by atoms with Gasteiger partial charge in [-0.25, -0.2) is 14.4 Å². The zero-order valence-electron chi connectivity index (χ0n) is 30.4. The van der Waals surface area contributed by atoms with E-state index in [1.54, 1.807) is 28.8 Å². The molecule has 19 heteroatoms. The molecule has 0 radical (unpaired) electrons. The molecule has 0 spiro atoms. The number of carboxylic acid groups (broad SMARTS) is 1. The number of rotatable bonds is 20. The maximum Gasteiger partial charge on any atom is 0.320 e. The number of nitrogens with two attached hydrogens (primary N) is 3. The molecule has 55 heavy (non-hydrogen) atoms. The summed E-state index contributed by atoms with van der Waals surface area (Å²) in [5.74, 6) is -4.67. The molecule has 0 unspecified atom stereocenters. The number of benzene rings is 2. The van der Waals surface area contributed by atoms with E-state index < -0.39 is 41.5 Å². The third-order valence-electron chi connectivity index (χ3n) is 8.50. The summed E-state index contributed by atoms with van der Waals surface area (Å²) >= 11 is 0. The molecule has 4 aromatic rings. The summed E-state index contributed by atoms with van der Waals surface area (Å²) < 4.78 is 35.8. The highest BCUT2D eigenvalue weighted by atomic mass is 19.2. The van der Waals surface area contributed by atoms with Crippen LogP contribution in [0.3, 0.4) is 0 Å². The number of carboxylic acids is 1. The minimum atomic E-state index is -1.23. The lowest BCUT2D eigenvalue weighted by Gasteiger charge is -2.19. The average Bonchev–Trinajstić information content (AvgIpc) is 3.60. The lowest BCUT2D eigenvalue weighted by molar-refractivity contribution is -0.139. The van der Waals surface area contributed by atoms with Crippen LogP contribution in [0.15, 0.2) is 53.9 Å². The van der Waals surface area contributed by atoms with Crippen LogP contribution >= 0.6 is 0 Å². The van der Waals surface area contributed by atoms with Crippen molar-refractivity contribution in [3.63, 3.8) is 0 Å². The molecular weight excluding hydrogens is 720 g/mol. The number of carbonyl (C=O) groups excluding carboxylic acids is 3. The number of guanidine groups is 1. The Hall–Kier alpha value is -6.37. The highest BCUT2D eigenvalue weighted by molar-refractivity contribution is 5.96. The van der Waals surface area contributed by atoms with Gasteiger partial charge in [-0.05, 0) is 68.0 Å². The minimum absolute atomic E-state index is 0.00431. The molecule has 17 nitrogen and oxygen atoms in total. The molecule has 2 heterocycles. The normalized spacial score (nSPS) is 12.0. The second-order valence-corrected chi connectivity index (χ2v) is 12.4. The van der Waals surface area contributed by atoms with Crippen molar-refractivity contribution >= 4 is 46.8 Å². The van der Waals surface area contributed by atoms with Crippen molar-refractivity contribution in [1.29, 1.82) is 0 Å². The summed E-state index contributed by atoms with van der Waals surface area (Å²) in [6.45, 7) is 2.58. The van der Waals surface area contributed by atoms with Crippen LogP contribution in [0.2, 0.25) is 0 Å². The predicted molar refractivity (Wildman–Crippen MR) is 201 cm³/mol. The molecule has 0 bridgehead atoms. The Balaban J connectivity index is 1.33. The third kappa shape index (κ3) is 11.1. The fourth-order valence-corrected chi connectivity index (χ4v) is 5.59. The molecule has 0 aliphatic rings. The monoisotopic (exact) mass is 765 g/mol. The molecule has 0 saturated heterocycles. The molecule has 294 valence electrons. The number of imidazole rings is 1. The smallest absolute Gasteiger partial charge is 0.320 e. The van der Waals surface area contributed by atoms with Gasteiger partial charge < -0.3 is 48.3 Å². The topological polar surface area (TPSA) is 266 Å². The molecule has 0 aliphatic heterocycles. The number of methoxy groups -OCH3 is 1. The summed E-state index contributed by atoms with van der Waals surface area (Å²) in [5, 5.41) is 20.4. The van der Waals surface area contributed by atoms with E-state index in [1.165, 1.54) is 31.6 Å². The van der Waals surface area contributed by atoms with Crippen LogP contribution in [-0.2, 0) is 20.8 Å². The van der Waals surface area contributed by atoms with E-state index in [0.29, 0.717) is 47.7 Å². The molecule has 11 N–H and O–H groups in total. The van der Waals surface area contributed by atoms with Gasteiger partial charge >= 0.3 is 5.97 Å². The largest absolute Gasteiger partial charge is 0.494 e. The molecule has 2 aromatic heterocycles. The van der Waals surface area contributed by atoms with Crippen molar-refractivity contribution in [3.8, 4) is 17.0 Å². The second kappa shape index (κ2) is 19.6. The van der Waals surface area contributed by atoms with E-state index in [2.05, 4.69) is 36.2 Å².